The third-order valence-corrected chi connectivity index (χ3v) is 3.12. The zero-order valence-corrected chi connectivity index (χ0v) is 11.8. The van der Waals surface area contributed by atoms with Gasteiger partial charge in [-0.25, -0.2) is 0 Å². The number of hydrogen-bond acceptors (Lipinski definition) is 5. The minimum Gasteiger partial charge on any atom is -0.496 e. The quantitative estimate of drug-likeness (QED) is 0.629. The zero-order valence-electron chi connectivity index (χ0n) is 11.8. The van der Waals surface area contributed by atoms with Gasteiger partial charge in [0, 0.05) is 6.07 Å². The molecule has 0 radical (unpaired) electrons. The molecule has 0 aliphatic rings. The number of nitrogens with zero attached hydrogens (tertiary/aromatic N) is 1. The Morgan fingerprint density at radius 3 is 2.55 bits per heavy atom. The number of ether oxygens (including phenoxy) is 1. The van der Waals surface area contributed by atoms with Crippen LogP contribution in [0.25, 0.3) is 0 Å². The Bertz CT molecular complexity index is 525. The summed E-state index contributed by atoms with van der Waals surface area (Å²) in [5.41, 5.74) is -0.816. The summed E-state index contributed by atoms with van der Waals surface area (Å²) in [5.74, 6) is -0.360. The third-order valence-electron chi connectivity index (χ3n) is 3.12. The third kappa shape index (κ3) is 3.45. The Morgan fingerprint density at radius 2 is 2.10 bits per heavy atom. The number of amides is 1. The summed E-state index contributed by atoms with van der Waals surface area (Å²) in [6, 6.07) is 3.74. The molecule has 1 aromatic rings. The SMILES string of the molecule is COc1cc([N+](=O)[O-])ccc1C(=O)NC(C)(C)C(C)O. The number of non-ortho nitro benzene ring substituents is 1. The van der Waals surface area contributed by atoms with E-state index in [0.717, 1.165) is 0 Å². The average Bonchev–Trinajstić information content (AvgIpc) is 2.36. The molecule has 0 spiro atoms. The van der Waals surface area contributed by atoms with Gasteiger partial charge in [-0.15, -0.1) is 0 Å². The number of carbonyl (C=O) groups is 1. The molecular weight excluding hydrogens is 264 g/mol. The number of aliphatic hydroxyl groups is 1. The molecule has 1 unspecified atom stereocenters. The topological polar surface area (TPSA) is 102 Å². The number of methoxy groups -OCH3 is 1. The summed E-state index contributed by atoms with van der Waals surface area (Å²) < 4.78 is 5.00. The van der Waals surface area contributed by atoms with Gasteiger partial charge in [-0.1, -0.05) is 0 Å². The van der Waals surface area contributed by atoms with Gasteiger partial charge in [0.05, 0.1) is 35.3 Å². The lowest BCUT2D eigenvalue weighted by Gasteiger charge is -2.29. The molecule has 1 amide bonds. The molecule has 20 heavy (non-hydrogen) atoms. The summed E-state index contributed by atoms with van der Waals surface area (Å²) in [4.78, 5) is 22.3. The van der Waals surface area contributed by atoms with Gasteiger partial charge in [-0.05, 0) is 26.8 Å². The first-order valence-corrected chi connectivity index (χ1v) is 6.02. The highest BCUT2D eigenvalue weighted by atomic mass is 16.6. The molecule has 2 N–H and O–H groups in total. The van der Waals surface area contributed by atoms with Crippen molar-refractivity contribution in [2.24, 2.45) is 0 Å². The summed E-state index contributed by atoms with van der Waals surface area (Å²) in [7, 11) is 1.33. The van der Waals surface area contributed by atoms with Gasteiger partial charge in [0.2, 0.25) is 0 Å². The smallest absolute Gasteiger partial charge is 0.273 e. The van der Waals surface area contributed by atoms with Crippen molar-refractivity contribution in [3.05, 3.63) is 33.9 Å². The van der Waals surface area contributed by atoms with E-state index in [1.807, 2.05) is 0 Å². The number of hydrogen-bond donors (Lipinski definition) is 2. The standard InChI is InChI=1S/C13H18N2O5/c1-8(16)13(2,3)14-12(17)10-6-5-9(15(18)19)7-11(10)20-4/h5-8,16H,1-4H3,(H,14,17). The van der Waals surface area contributed by atoms with E-state index in [0.29, 0.717) is 0 Å². The molecule has 0 aliphatic carbocycles. The maximum absolute atomic E-state index is 12.2. The number of nitro groups is 1. The summed E-state index contributed by atoms with van der Waals surface area (Å²) in [5, 5.41) is 22.9. The van der Waals surface area contributed by atoms with Gasteiger partial charge in [-0.3, -0.25) is 14.9 Å². The first-order chi connectivity index (χ1) is 9.19. The van der Waals surface area contributed by atoms with Crippen LogP contribution in [0.3, 0.4) is 0 Å². The number of carbonyl (C=O) groups excluding carboxylic acids is 1. The fraction of sp³-hybridized carbons (Fsp3) is 0.462. The highest BCUT2D eigenvalue weighted by molar-refractivity contribution is 5.97. The Morgan fingerprint density at radius 1 is 1.50 bits per heavy atom. The van der Waals surface area contributed by atoms with E-state index in [4.69, 9.17) is 4.74 Å². The lowest BCUT2D eigenvalue weighted by atomic mass is 9.98. The molecule has 7 heteroatoms. The van der Waals surface area contributed by atoms with Crippen LogP contribution in [-0.2, 0) is 0 Å². The van der Waals surface area contributed by atoms with Gasteiger partial charge in [-0.2, -0.15) is 0 Å². The van der Waals surface area contributed by atoms with Gasteiger partial charge < -0.3 is 15.2 Å². The van der Waals surface area contributed by atoms with Crippen molar-refractivity contribution < 1.29 is 19.6 Å². The van der Waals surface area contributed by atoms with Crippen LogP contribution in [0.15, 0.2) is 18.2 Å². The van der Waals surface area contributed by atoms with Crippen LogP contribution in [0.5, 0.6) is 5.75 Å². The second kappa shape index (κ2) is 5.87. The molecule has 1 atom stereocenters. The fourth-order valence-electron chi connectivity index (χ4n) is 1.45. The second-order valence-corrected chi connectivity index (χ2v) is 4.99. The van der Waals surface area contributed by atoms with Crippen molar-refractivity contribution in [3.8, 4) is 5.75 Å². The van der Waals surface area contributed by atoms with Crippen LogP contribution in [0.1, 0.15) is 31.1 Å². The monoisotopic (exact) mass is 282 g/mol. The van der Waals surface area contributed by atoms with Gasteiger partial charge >= 0.3 is 0 Å². The second-order valence-electron chi connectivity index (χ2n) is 4.99. The molecule has 0 saturated carbocycles. The van der Waals surface area contributed by atoms with Gasteiger partial charge in [0.1, 0.15) is 5.75 Å². The number of nitrogens with one attached hydrogen (secondary N) is 1. The molecule has 0 aliphatic heterocycles. The molecular formula is C13H18N2O5. The molecule has 110 valence electrons. The van der Waals surface area contributed by atoms with E-state index in [-0.39, 0.29) is 17.0 Å². The normalized spacial score (nSPS) is 12.7. The van der Waals surface area contributed by atoms with E-state index in [1.54, 1.807) is 20.8 Å². The summed E-state index contributed by atoms with van der Waals surface area (Å²) >= 11 is 0. The minimum atomic E-state index is -0.829. The van der Waals surface area contributed by atoms with Crippen LogP contribution >= 0.6 is 0 Å². The first-order valence-electron chi connectivity index (χ1n) is 6.02. The molecule has 0 aromatic heterocycles. The van der Waals surface area contributed by atoms with Crippen LogP contribution in [0.2, 0.25) is 0 Å². The Balaban J connectivity index is 3.08. The largest absolute Gasteiger partial charge is 0.496 e. The van der Waals surface area contributed by atoms with Crippen LogP contribution < -0.4 is 10.1 Å². The fourth-order valence-corrected chi connectivity index (χ4v) is 1.45. The van der Waals surface area contributed by atoms with E-state index in [9.17, 15) is 20.0 Å². The van der Waals surface area contributed by atoms with Crippen LogP contribution in [-0.4, -0.2) is 34.7 Å². The maximum atomic E-state index is 12.2. The van der Waals surface area contributed by atoms with Gasteiger partial charge in [0.25, 0.3) is 11.6 Å². The number of rotatable bonds is 5. The predicted octanol–water partition coefficient (Wildman–Crippen LogP) is 1.49. The van der Waals surface area contributed by atoms with E-state index in [2.05, 4.69) is 5.32 Å². The Kier molecular flexibility index (Phi) is 4.67. The lowest BCUT2D eigenvalue weighted by molar-refractivity contribution is -0.384. The molecule has 0 fully saturated rings. The number of nitro benzene ring substituents is 1. The van der Waals surface area contributed by atoms with Crippen molar-refractivity contribution >= 4 is 11.6 Å². The van der Waals surface area contributed by atoms with Crippen molar-refractivity contribution in [3.63, 3.8) is 0 Å². The average molecular weight is 282 g/mol. The molecule has 1 rings (SSSR count). The molecule has 0 saturated heterocycles. The molecule has 0 bridgehead atoms. The van der Waals surface area contributed by atoms with Gasteiger partial charge in [0.15, 0.2) is 0 Å². The van der Waals surface area contributed by atoms with Crippen LogP contribution in [0, 0.1) is 10.1 Å². The molecule has 0 heterocycles. The lowest BCUT2D eigenvalue weighted by Crippen LogP contribution is -2.51. The maximum Gasteiger partial charge on any atom is 0.273 e. The summed E-state index contributed by atoms with van der Waals surface area (Å²) in [6.45, 7) is 4.91. The van der Waals surface area contributed by atoms with Crippen molar-refractivity contribution in [2.45, 2.75) is 32.4 Å². The highest BCUT2D eigenvalue weighted by Gasteiger charge is 2.28. The predicted molar refractivity (Wildman–Crippen MR) is 72.9 cm³/mol. The van der Waals surface area contributed by atoms with Crippen molar-refractivity contribution in [2.75, 3.05) is 7.11 Å². The molecule has 7 nitrogen and oxygen atoms in total. The zero-order chi connectivity index (χ0) is 15.5. The minimum absolute atomic E-state index is 0.109. The number of aliphatic hydroxyl groups excluding tert-OH is 1. The molecule has 1 aromatic carbocycles. The van der Waals surface area contributed by atoms with E-state index < -0.39 is 22.5 Å². The van der Waals surface area contributed by atoms with Crippen LogP contribution in [0.4, 0.5) is 5.69 Å². The van der Waals surface area contributed by atoms with Crippen molar-refractivity contribution in [1.82, 2.24) is 5.32 Å². The van der Waals surface area contributed by atoms with E-state index >= 15 is 0 Å². The first kappa shape index (κ1) is 15.9. The van der Waals surface area contributed by atoms with Crippen molar-refractivity contribution in [1.29, 1.82) is 0 Å². The Labute approximate surface area is 116 Å². The summed E-state index contributed by atoms with van der Waals surface area (Å²) in [6.07, 6.45) is -0.754. The number of benzene rings is 1. The Hall–Kier alpha value is -2.15. The van der Waals surface area contributed by atoms with E-state index in [1.165, 1.54) is 25.3 Å². The highest BCUT2D eigenvalue weighted by Crippen LogP contribution is 2.25.